The molecule has 0 bridgehead atoms. The highest BCUT2D eigenvalue weighted by molar-refractivity contribution is 7.80. The molecular weight excluding hydrogens is 253 g/mol. The van der Waals surface area contributed by atoms with E-state index in [0.717, 1.165) is 0 Å². The van der Waals surface area contributed by atoms with Crippen molar-refractivity contribution in [3.8, 4) is 6.07 Å². The number of ether oxygens (including phenoxy) is 1. The van der Waals surface area contributed by atoms with Crippen molar-refractivity contribution in [2.24, 2.45) is 17.8 Å². The summed E-state index contributed by atoms with van der Waals surface area (Å²) in [6.07, 6.45) is 0.450. The van der Waals surface area contributed by atoms with Crippen LogP contribution in [-0.4, -0.2) is 16.0 Å². The van der Waals surface area contributed by atoms with Crippen molar-refractivity contribution in [2.75, 3.05) is 6.61 Å². The lowest BCUT2D eigenvalue weighted by molar-refractivity contribution is 0.289. The lowest BCUT2D eigenvalue weighted by Crippen LogP contribution is -2.27. The van der Waals surface area contributed by atoms with E-state index in [2.05, 4.69) is 6.07 Å². The number of alkyl halides is 2. The van der Waals surface area contributed by atoms with E-state index >= 15 is 0 Å². The fourth-order valence-electron chi connectivity index (χ4n) is 1.95. The summed E-state index contributed by atoms with van der Waals surface area (Å²) in [6.45, 7) is 4.28. The van der Waals surface area contributed by atoms with E-state index in [0.29, 0.717) is 18.1 Å². The molecule has 1 fully saturated rings. The van der Waals surface area contributed by atoms with Crippen LogP contribution >= 0.6 is 35.4 Å². The molecule has 5 heteroatoms. The largest absolute Gasteiger partial charge is 0.487 e. The lowest BCUT2D eigenvalue weighted by atomic mass is 9.92. The van der Waals surface area contributed by atoms with E-state index in [4.69, 9.17) is 45.4 Å². The fraction of sp³-hybridized carbons (Fsp3) is 0.800. The van der Waals surface area contributed by atoms with Gasteiger partial charge in [0.05, 0.1) is 18.6 Å². The first kappa shape index (κ1) is 13.0. The van der Waals surface area contributed by atoms with Crippen LogP contribution in [0.3, 0.4) is 0 Å². The summed E-state index contributed by atoms with van der Waals surface area (Å²) in [7, 11) is 0. The van der Waals surface area contributed by atoms with Gasteiger partial charge >= 0.3 is 0 Å². The van der Waals surface area contributed by atoms with Crippen LogP contribution in [0.15, 0.2) is 0 Å². The Labute approximate surface area is 105 Å². The van der Waals surface area contributed by atoms with Crippen LogP contribution < -0.4 is 0 Å². The second kappa shape index (κ2) is 4.86. The number of nitriles is 1. The molecule has 1 aliphatic rings. The molecule has 0 amide bonds. The van der Waals surface area contributed by atoms with E-state index in [1.807, 2.05) is 13.8 Å². The van der Waals surface area contributed by atoms with Crippen LogP contribution in [0.25, 0.3) is 0 Å². The van der Waals surface area contributed by atoms with Crippen molar-refractivity contribution in [2.45, 2.75) is 24.6 Å². The highest BCUT2D eigenvalue weighted by Crippen LogP contribution is 2.51. The maximum Gasteiger partial charge on any atom is 0.164 e. The van der Waals surface area contributed by atoms with Crippen LogP contribution in [0.4, 0.5) is 0 Å². The van der Waals surface area contributed by atoms with Crippen molar-refractivity contribution in [3.05, 3.63) is 0 Å². The summed E-state index contributed by atoms with van der Waals surface area (Å²) in [5.74, 6) is -0.432. The molecule has 84 valence electrons. The quantitative estimate of drug-likeness (QED) is 0.567. The molecule has 1 aliphatic carbocycles. The number of thiocarbonyl (C=S) groups is 1. The highest BCUT2D eigenvalue weighted by Gasteiger charge is 2.51. The summed E-state index contributed by atoms with van der Waals surface area (Å²) in [5.41, 5.74) is 0. The van der Waals surface area contributed by atoms with Crippen LogP contribution in [-0.2, 0) is 4.74 Å². The summed E-state index contributed by atoms with van der Waals surface area (Å²) in [4.78, 5) is 0. The van der Waals surface area contributed by atoms with Crippen molar-refractivity contribution in [1.29, 1.82) is 5.26 Å². The average Bonchev–Trinajstić information content (AvgIpc) is 2.38. The summed E-state index contributed by atoms with van der Waals surface area (Å²) >= 11 is 17.4. The molecule has 0 N–H and O–H groups in total. The second-order valence-corrected chi connectivity index (χ2v) is 5.71. The van der Waals surface area contributed by atoms with Gasteiger partial charge in [-0.25, -0.2) is 0 Å². The Morgan fingerprint density at radius 3 is 2.73 bits per heavy atom. The van der Waals surface area contributed by atoms with Crippen LogP contribution in [0.5, 0.6) is 0 Å². The number of hydrogen-bond acceptors (Lipinski definition) is 3. The molecule has 0 aliphatic heterocycles. The van der Waals surface area contributed by atoms with E-state index < -0.39 is 4.33 Å². The Hall–Kier alpha value is -0.0400. The highest BCUT2D eigenvalue weighted by atomic mass is 35.5. The Balaban J connectivity index is 2.87. The van der Waals surface area contributed by atoms with Gasteiger partial charge < -0.3 is 4.74 Å². The van der Waals surface area contributed by atoms with Crippen molar-refractivity contribution >= 4 is 40.5 Å². The number of halogens is 2. The van der Waals surface area contributed by atoms with E-state index in [1.165, 1.54) is 0 Å². The minimum Gasteiger partial charge on any atom is -0.487 e. The van der Waals surface area contributed by atoms with Crippen molar-refractivity contribution in [3.63, 3.8) is 0 Å². The first-order valence-corrected chi connectivity index (χ1v) is 6.04. The van der Waals surface area contributed by atoms with Crippen LogP contribution in [0, 0.1) is 29.1 Å². The zero-order valence-corrected chi connectivity index (χ0v) is 11.0. The molecular formula is C10H13Cl2NOS. The van der Waals surface area contributed by atoms with E-state index in [-0.39, 0.29) is 17.8 Å². The van der Waals surface area contributed by atoms with E-state index in [9.17, 15) is 0 Å². The first-order valence-electron chi connectivity index (χ1n) is 4.88. The average molecular weight is 266 g/mol. The van der Waals surface area contributed by atoms with Gasteiger partial charge in [-0.1, -0.05) is 6.92 Å². The van der Waals surface area contributed by atoms with Gasteiger partial charge in [-0.3, -0.25) is 0 Å². The minimum atomic E-state index is -0.869. The third-order valence-electron chi connectivity index (χ3n) is 2.86. The molecule has 3 atom stereocenters. The molecule has 0 radical (unpaired) electrons. The minimum absolute atomic E-state index is 0.0514. The Morgan fingerprint density at radius 2 is 2.27 bits per heavy atom. The van der Waals surface area contributed by atoms with E-state index in [1.54, 1.807) is 0 Å². The fourth-order valence-corrected chi connectivity index (χ4v) is 3.04. The Bertz CT molecular complexity index is 300. The SMILES string of the molecule is CCOC(=S)[C@H]1[C@H](C#N)CC(Cl)(Cl)[C@@H]1C. The topological polar surface area (TPSA) is 33.0 Å². The molecule has 1 rings (SSSR count). The number of nitrogens with zero attached hydrogens (tertiary/aromatic N) is 1. The van der Waals surface area contributed by atoms with Gasteiger partial charge in [-0.15, -0.1) is 23.2 Å². The third kappa shape index (κ3) is 2.55. The van der Waals surface area contributed by atoms with Gasteiger partial charge in [-0.05, 0) is 25.6 Å². The van der Waals surface area contributed by atoms with Gasteiger partial charge in [0.15, 0.2) is 5.05 Å². The molecule has 0 aromatic rings. The molecule has 15 heavy (non-hydrogen) atoms. The molecule has 0 aromatic heterocycles. The monoisotopic (exact) mass is 265 g/mol. The molecule has 0 spiro atoms. The van der Waals surface area contributed by atoms with Crippen molar-refractivity contribution in [1.82, 2.24) is 0 Å². The van der Waals surface area contributed by atoms with Gasteiger partial charge in [0.25, 0.3) is 0 Å². The first-order chi connectivity index (χ1) is 6.94. The van der Waals surface area contributed by atoms with Crippen molar-refractivity contribution < 1.29 is 4.74 Å². The Morgan fingerprint density at radius 1 is 1.67 bits per heavy atom. The number of rotatable bonds is 2. The van der Waals surface area contributed by atoms with Gasteiger partial charge in [0.1, 0.15) is 4.33 Å². The molecule has 0 aromatic carbocycles. The zero-order valence-electron chi connectivity index (χ0n) is 8.67. The Kier molecular flexibility index (Phi) is 4.22. The molecule has 2 nitrogen and oxygen atoms in total. The zero-order chi connectivity index (χ0) is 11.6. The lowest BCUT2D eigenvalue weighted by Gasteiger charge is -2.23. The predicted octanol–water partition coefficient (Wildman–Crippen LogP) is 3.32. The molecule has 0 saturated heterocycles. The van der Waals surface area contributed by atoms with Crippen LogP contribution in [0.1, 0.15) is 20.3 Å². The summed E-state index contributed by atoms with van der Waals surface area (Å²) < 4.78 is 4.42. The maximum absolute atomic E-state index is 9.02. The summed E-state index contributed by atoms with van der Waals surface area (Å²) in [6, 6.07) is 2.20. The van der Waals surface area contributed by atoms with Gasteiger partial charge in [-0.2, -0.15) is 5.26 Å². The van der Waals surface area contributed by atoms with Gasteiger partial charge in [0.2, 0.25) is 0 Å². The molecule has 0 unspecified atom stereocenters. The molecule has 1 saturated carbocycles. The normalized spacial score (nSPS) is 33.4. The van der Waals surface area contributed by atoms with Gasteiger partial charge in [0, 0.05) is 11.8 Å². The predicted molar refractivity (Wildman–Crippen MR) is 65.0 cm³/mol. The summed E-state index contributed by atoms with van der Waals surface area (Å²) in [5, 5.41) is 9.48. The maximum atomic E-state index is 9.02. The molecule has 0 heterocycles. The van der Waals surface area contributed by atoms with Crippen LogP contribution in [0.2, 0.25) is 0 Å². The smallest absolute Gasteiger partial charge is 0.164 e. The number of hydrogen-bond donors (Lipinski definition) is 0. The third-order valence-corrected chi connectivity index (χ3v) is 4.24. The standard InChI is InChI=1S/C10H13Cl2NOS/c1-3-14-9(15)8-6(2)10(11,12)4-7(8)5-13/h6-8H,3-4H2,1-2H3/t6-,7+,8-/m1/s1. The second-order valence-electron chi connectivity index (χ2n) is 3.77.